The largest absolute Gasteiger partial charge is 0.478 e. The molecule has 0 fully saturated rings. The lowest BCUT2D eigenvalue weighted by Gasteiger charge is -2.20. The third kappa shape index (κ3) is 5.14. The molecule has 0 bridgehead atoms. The number of aromatic nitrogens is 1. The van der Waals surface area contributed by atoms with Crippen LogP contribution >= 0.6 is 0 Å². The topological polar surface area (TPSA) is 94.8 Å². The van der Waals surface area contributed by atoms with E-state index in [0.29, 0.717) is 23.9 Å². The van der Waals surface area contributed by atoms with E-state index in [-0.39, 0.29) is 36.6 Å². The number of fused-ring (bicyclic) bond motifs is 1. The molecule has 7 heteroatoms. The minimum absolute atomic E-state index is 0.131. The molecule has 1 atom stereocenters. The predicted octanol–water partition coefficient (Wildman–Crippen LogP) is 5.19. The van der Waals surface area contributed by atoms with E-state index in [1.54, 1.807) is 25.1 Å². The van der Waals surface area contributed by atoms with E-state index in [9.17, 15) is 19.5 Å². The van der Waals surface area contributed by atoms with Crippen LogP contribution in [0.3, 0.4) is 0 Å². The molecule has 3 aromatic rings. The van der Waals surface area contributed by atoms with E-state index in [1.807, 2.05) is 41.1 Å². The molecule has 1 N–H and O–H groups in total. The fraction of sp³-hybridized carbons (Fsp3) is 0.321. The number of benzene rings is 2. The van der Waals surface area contributed by atoms with Crippen LogP contribution in [0.5, 0.6) is 0 Å². The molecule has 0 aliphatic heterocycles. The number of carbonyl (C=O) groups is 3. The summed E-state index contributed by atoms with van der Waals surface area (Å²) in [5.74, 6) is -1.68. The number of hydrogen-bond acceptors (Lipinski definition) is 5. The third-order valence-electron chi connectivity index (χ3n) is 6.47. The first-order valence-electron chi connectivity index (χ1n) is 11.8. The molecule has 4 rings (SSSR count). The summed E-state index contributed by atoms with van der Waals surface area (Å²) in [5, 5.41) is 10.5. The Balaban J connectivity index is 1.90. The van der Waals surface area contributed by atoms with Gasteiger partial charge >= 0.3 is 17.9 Å². The van der Waals surface area contributed by atoms with Crippen molar-refractivity contribution in [3.63, 3.8) is 0 Å². The summed E-state index contributed by atoms with van der Waals surface area (Å²) in [5.41, 5.74) is 4.35. The lowest BCUT2D eigenvalue weighted by molar-refractivity contribution is -0.144. The molecule has 1 aliphatic rings. The van der Waals surface area contributed by atoms with Crippen LogP contribution < -0.4 is 0 Å². The first kappa shape index (κ1) is 24.3. The summed E-state index contributed by atoms with van der Waals surface area (Å²) in [6.07, 6.45) is 4.85. The van der Waals surface area contributed by atoms with Gasteiger partial charge in [0.1, 0.15) is 0 Å². The first-order chi connectivity index (χ1) is 16.9. The normalized spacial score (nSPS) is 14.2. The van der Waals surface area contributed by atoms with Crippen molar-refractivity contribution >= 4 is 34.4 Å². The summed E-state index contributed by atoms with van der Waals surface area (Å²) in [4.78, 5) is 36.8. The Bertz CT molecular complexity index is 1290. The maximum Gasteiger partial charge on any atom is 0.335 e. The van der Waals surface area contributed by atoms with Gasteiger partial charge in [0.15, 0.2) is 0 Å². The van der Waals surface area contributed by atoms with Crippen LogP contribution in [0.15, 0.2) is 60.3 Å². The maximum absolute atomic E-state index is 12.6. The van der Waals surface area contributed by atoms with Crippen LogP contribution in [-0.2, 0) is 25.5 Å². The number of hydrogen-bond donors (Lipinski definition) is 1. The summed E-state index contributed by atoms with van der Waals surface area (Å²) >= 11 is 0. The highest BCUT2D eigenvalue weighted by Gasteiger charge is 2.27. The molecule has 0 saturated heterocycles. The van der Waals surface area contributed by atoms with Crippen molar-refractivity contribution in [3.05, 3.63) is 77.0 Å². The number of carboxylic acid groups (broad SMARTS) is 1. The van der Waals surface area contributed by atoms with Crippen LogP contribution in [-0.4, -0.2) is 41.3 Å². The number of allylic oxidation sites excluding steroid dienone is 1. The molecule has 182 valence electrons. The monoisotopic (exact) mass is 475 g/mol. The SMILES string of the molecule is CCOC(=O)CC(Cc1ccccc1)n1cc(C2=C(C(=O)OC)CCC2)c2ccc(C(=O)O)cc21. The Labute approximate surface area is 204 Å². The average Bonchev–Trinajstić information content (AvgIpc) is 3.48. The van der Waals surface area contributed by atoms with Gasteiger partial charge in [-0.1, -0.05) is 36.4 Å². The number of carboxylic acids is 1. The minimum Gasteiger partial charge on any atom is -0.478 e. The first-order valence-corrected chi connectivity index (χ1v) is 11.8. The van der Waals surface area contributed by atoms with Gasteiger partial charge < -0.3 is 19.1 Å². The van der Waals surface area contributed by atoms with Gasteiger partial charge in [0.2, 0.25) is 0 Å². The molecule has 0 saturated carbocycles. The zero-order valence-corrected chi connectivity index (χ0v) is 20.0. The van der Waals surface area contributed by atoms with E-state index < -0.39 is 5.97 Å². The van der Waals surface area contributed by atoms with Gasteiger partial charge in [-0.25, -0.2) is 9.59 Å². The van der Waals surface area contributed by atoms with Crippen LogP contribution in [0.1, 0.15) is 60.1 Å². The number of ether oxygens (including phenoxy) is 2. The number of aromatic carboxylic acids is 1. The van der Waals surface area contributed by atoms with Crippen molar-refractivity contribution in [2.75, 3.05) is 13.7 Å². The highest BCUT2D eigenvalue weighted by molar-refractivity contribution is 6.05. The van der Waals surface area contributed by atoms with Gasteiger partial charge in [-0.15, -0.1) is 0 Å². The number of esters is 2. The van der Waals surface area contributed by atoms with Crippen molar-refractivity contribution in [1.82, 2.24) is 4.57 Å². The smallest absolute Gasteiger partial charge is 0.335 e. The highest BCUT2D eigenvalue weighted by Crippen LogP contribution is 2.40. The molecule has 35 heavy (non-hydrogen) atoms. The molecule has 1 aliphatic carbocycles. The van der Waals surface area contributed by atoms with E-state index in [0.717, 1.165) is 34.9 Å². The van der Waals surface area contributed by atoms with E-state index >= 15 is 0 Å². The Morgan fingerprint density at radius 1 is 1.09 bits per heavy atom. The summed E-state index contributed by atoms with van der Waals surface area (Å²) in [6, 6.07) is 14.5. The van der Waals surface area contributed by atoms with Gasteiger partial charge in [0.05, 0.1) is 25.7 Å². The second-order valence-corrected chi connectivity index (χ2v) is 8.64. The summed E-state index contributed by atoms with van der Waals surface area (Å²) in [7, 11) is 1.38. The van der Waals surface area contributed by atoms with Crippen LogP contribution in [0.4, 0.5) is 0 Å². The van der Waals surface area contributed by atoms with E-state index in [1.165, 1.54) is 7.11 Å². The second-order valence-electron chi connectivity index (χ2n) is 8.64. The molecule has 7 nitrogen and oxygen atoms in total. The Kier molecular flexibility index (Phi) is 7.34. The fourth-order valence-electron chi connectivity index (χ4n) is 4.88. The summed E-state index contributed by atoms with van der Waals surface area (Å²) in [6.45, 7) is 2.06. The molecule has 0 spiro atoms. The van der Waals surface area contributed by atoms with E-state index in [2.05, 4.69) is 0 Å². The molecule has 1 unspecified atom stereocenters. The van der Waals surface area contributed by atoms with Gasteiger partial charge in [0.25, 0.3) is 0 Å². The lowest BCUT2D eigenvalue weighted by Crippen LogP contribution is -2.18. The number of nitrogens with zero attached hydrogens (tertiary/aromatic N) is 1. The standard InChI is InChI=1S/C28H29NO6/c1-3-35-26(30)16-20(14-18-8-5-4-6-9-18)29-17-24(21-10-7-11-23(21)28(33)34-2)22-13-12-19(27(31)32)15-25(22)29/h4-6,8-9,12-13,15,17,20H,3,7,10-11,14,16H2,1-2H3,(H,31,32). The molecule has 0 amide bonds. The quantitative estimate of drug-likeness (QED) is 0.428. The zero-order valence-electron chi connectivity index (χ0n) is 20.0. The second kappa shape index (κ2) is 10.6. The highest BCUT2D eigenvalue weighted by atomic mass is 16.5. The molecule has 1 aromatic heterocycles. The Morgan fingerprint density at radius 2 is 1.86 bits per heavy atom. The molecular weight excluding hydrogens is 446 g/mol. The molecule has 1 heterocycles. The van der Waals surface area contributed by atoms with Gasteiger partial charge in [0, 0.05) is 34.3 Å². The predicted molar refractivity (Wildman–Crippen MR) is 132 cm³/mol. The van der Waals surface area contributed by atoms with E-state index in [4.69, 9.17) is 9.47 Å². The van der Waals surface area contributed by atoms with Crippen molar-refractivity contribution in [2.45, 2.75) is 45.1 Å². The fourth-order valence-corrected chi connectivity index (χ4v) is 4.88. The Morgan fingerprint density at radius 3 is 2.54 bits per heavy atom. The average molecular weight is 476 g/mol. The lowest BCUT2D eigenvalue weighted by atomic mass is 10.0. The Hall–Kier alpha value is -3.87. The third-order valence-corrected chi connectivity index (χ3v) is 6.47. The number of carbonyl (C=O) groups excluding carboxylic acids is 2. The van der Waals surface area contributed by atoms with Crippen molar-refractivity contribution in [3.8, 4) is 0 Å². The van der Waals surface area contributed by atoms with Crippen LogP contribution in [0.25, 0.3) is 16.5 Å². The number of rotatable bonds is 9. The van der Waals surface area contributed by atoms with Gasteiger partial charge in [-0.2, -0.15) is 0 Å². The van der Waals surface area contributed by atoms with Crippen molar-refractivity contribution in [1.29, 1.82) is 0 Å². The van der Waals surface area contributed by atoms with Crippen molar-refractivity contribution in [2.24, 2.45) is 0 Å². The van der Waals surface area contributed by atoms with Crippen LogP contribution in [0.2, 0.25) is 0 Å². The summed E-state index contributed by atoms with van der Waals surface area (Å²) < 4.78 is 12.3. The van der Waals surface area contributed by atoms with Gasteiger partial charge in [-0.05, 0) is 55.9 Å². The molecule has 0 radical (unpaired) electrons. The molecular formula is C28H29NO6. The van der Waals surface area contributed by atoms with Crippen LogP contribution in [0, 0.1) is 0 Å². The van der Waals surface area contributed by atoms with Crippen molar-refractivity contribution < 1.29 is 29.0 Å². The molecule has 2 aromatic carbocycles. The zero-order chi connectivity index (χ0) is 24.9. The number of methoxy groups -OCH3 is 1. The maximum atomic E-state index is 12.6. The van der Waals surface area contributed by atoms with Gasteiger partial charge in [-0.3, -0.25) is 4.79 Å². The minimum atomic E-state index is -1.03.